The Hall–Kier alpha value is -0.950. The van der Waals surface area contributed by atoms with E-state index in [2.05, 4.69) is 10.3 Å². The molecule has 17 heavy (non-hydrogen) atoms. The Balaban J connectivity index is 2.00. The average Bonchev–Trinajstić information content (AvgIpc) is 2.97. The van der Waals surface area contributed by atoms with Crippen LogP contribution in [0.1, 0.15) is 21.7 Å². The summed E-state index contributed by atoms with van der Waals surface area (Å²) in [5.41, 5.74) is 3.18. The fourth-order valence-electron chi connectivity index (χ4n) is 2.17. The number of thiophene rings is 1. The van der Waals surface area contributed by atoms with Crippen molar-refractivity contribution in [3.8, 4) is 0 Å². The maximum Gasteiger partial charge on any atom is 0.275 e. The van der Waals surface area contributed by atoms with Gasteiger partial charge in [-0.05, 0) is 35.9 Å². The summed E-state index contributed by atoms with van der Waals surface area (Å²) in [5.74, 6) is 5.29. The number of aliphatic hydroxyl groups excluding tert-OH is 1. The highest BCUT2D eigenvalue weighted by Crippen LogP contribution is 2.22. The smallest absolute Gasteiger partial charge is 0.275 e. The second kappa shape index (κ2) is 5.59. The molecule has 1 aliphatic rings. The van der Waals surface area contributed by atoms with E-state index in [1.54, 1.807) is 0 Å². The molecule has 1 saturated heterocycles. The number of nitrogens with two attached hydrogens (primary N) is 1. The second-order valence-electron chi connectivity index (χ2n) is 4.32. The fraction of sp³-hybridized carbons (Fsp3) is 0.545. The van der Waals surface area contributed by atoms with Crippen LogP contribution in [0, 0.1) is 5.92 Å². The van der Waals surface area contributed by atoms with Crippen LogP contribution in [-0.4, -0.2) is 35.6 Å². The van der Waals surface area contributed by atoms with Gasteiger partial charge in [0.05, 0.1) is 4.88 Å². The van der Waals surface area contributed by atoms with E-state index in [1.807, 2.05) is 11.4 Å². The second-order valence-corrected chi connectivity index (χ2v) is 5.24. The summed E-state index contributed by atoms with van der Waals surface area (Å²) in [6, 6.07) is 1.96. The molecule has 2 rings (SSSR count). The van der Waals surface area contributed by atoms with E-state index >= 15 is 0 Å². The molecule has 1 fully saturated rings. The predicted octanol–water partition coefficient (Wildman–Crippen LogP) is 0.166. The Bertz CT molecular complexity index is 394. The van der Waals surface area contributed by atoms with Crippen LogP contribution in [0.2, 0.25) is 0 Å². The van der Waals surface area contributed by atoms with Crippen LogP contribution >= 0.6 is 11.3 Å². The number of aliphatic hydroxyl groups is 1. The molecule has 1 aromatic rings. The zero-order valence-electron chi connectivity index (χ0n) is 9.56. The first kappa shape index (κ1) is 12.5. The number of carbonyl (C=O) groups is 1. The van der Waals surface area contributed by atoms with Crippen LogP contribution in [0.15, 0.2) is 11.4 Å². The van der Waals surface area contributed by atoms with Crippen LogP contribution in [-0.2, 0) is 6.54 Å². The van der Waals surface area contributed by atoms with Gasteiger partial charge in [-0.1, -0.05) is 0 Å². The number of nitrogens with zero attached hydrogens (tertiary/aromatic N) is 1. The molecule has 4 N–H and O–H groups in total. The van der Waals surface area contributed by atoms with Crippen LogP contribution < -0.4 is 11.3 Å². The molecule has 5 nitrogen and oxygen atoms in total. The van der Waals surface area contributed by atoms with Crippen molar-refractivity contribution in [2.45, 2.75) is 13.0 Å². The van der Waals surface area contributed by atoms with Gasteiger partial charge in [0.2, 0.25) is 0 Å². The molecular weight excluding hydrogens is 238 g/mol. The molecule has 1 aromatic heterocycles. The summed E-state index contributed by atoms with van der Waals surface area (Å²) in [4.78, 5) is 14.4. The summed E-state index contributed by atoms with van der Waals surface area (Å²) >= 11 is 1.40. The van der Waals surface area contributed by atoms with Crippen LogP contribution in [0.25, 0.3) is 0 Å². The van der Waals surface area contributed by atoms with E-state index in [-0.39, 0.29) is 12.5 Å². The largest absolute Gasteiger partial charge is 0.396 e. The zero-order valence-corrected chi connectivity index (χ0v) is 10.4. The molecular formula is C11H17N3O2S. The Morgan fingerprint density at radius 2 is 2.53 bits per heavy atom. The Kier molecular flexibility index (Phi) is 4.11. The van der Waals surface area contributed by atoms with Crippen LogP contribution in [0.5, 0.6) is 0 Å². The van der Waals surface area contributed by atoms with Gasteiger partial charge in [-0.25, -0.2) is 5.84 Å². The minimum absolute atomic E-state index is 0.229. The highest BCUT2D eigenvalue weighted by Gasteiger charge is 2.23. The van der Waals surface area contributed by atoms with Crippen molar-refractivity contribution in [2.75, 3.05) is 19.7 Å². The standard InChI is InChI=1S/C11H17N3O2S/c12-13-11(16)10-9(2-4-17-10)6-14-3-1-8(5-14)7-15/h2,4,8,15H,1,3,5-7,12H2,(H,13,16). The lowest BCUT2D eigenvalue weighted by molar-refractivity contribution is 0.0956. The molecule has 1 unspecified atom stereocenters. The third kappa shape index (κ3) is 2.84. The maximum absolute atomic E-state index is 11.5. The van der Waals surface area contributed by atoms with E-state index in [4.69, 9.17) is 10.9 Å². The van der Waals surface area contributed by atoms with E-state index in [0.29, 0.717) is 10.8 Å². The molecule has 0 radical (unpaired) electrons. The topological polar surface area (TPSA) is 78.6 Å². The number of rotatable bonds is 4. The summed E-state index contributed by atoms with van der Waals surface area (Å²) in [6.07, 6.45) is 1.03. The summed E-state index contributed by atoms with van der Waals surface area (Å²) in [7, 11) is 0. The lowest BCUT2D eigenvalue weighted by Gasteiger charge is -2.15. The first-order valence-corrected chi connectivity index (χ1v) is 6.53. The van der Waals surface area contributed by atoms with E-state index in [0.717, 1.165) is 31.6 Å². The number of amides is 1. The maximum atomic E-state index is 11.5. The Morgan fingerprint density at radius 1 is 1.71 bits per heavy atom. The lowest BCUT2D eigenvalue weighted by Crippen LogP contribution is -2.30. The molecule has 0 saturated carbocycles. The molecule has 6 heteroatoms. The minimum atomic E-state index is -0.229. The van der Waals surface area contributed by atoms with Crippen molar-refractivity contribution in [2.24, 2.45) is 11.8 Å². The van der Waals surface area contributed by atoms with Gasteiger partial charge in [0.15, 0.2) is 0 Å². The van der Waals surface area contributed by atoms with Crippen molar-refractivity contribution in [1.82, 2.24) is 10.3 Å². The minimum Gasteiger partial charge on any atom is -0.396 e. The van der Waals surface area contributed by atoms with Crippen molar-refractivity contribution in [3.63, 3.8) is 0 Å². The quantitative estimate of drug-likeness (QED) is 0.407. The van der Waals surface area contributed by atoms with E-state index < -0.39 is 0 Å². The zero-order chi connectivity index (χ0) is 12.3. The van der Waals surface area contributed by atoms with Gasteiger partial charge in [0, 0.05) is 19.7 Å². The molecule has 2 heterocycles. The van der Waals surface area contributed by atoms with Gasteiger partial charge in [-0.3, -0.25) is 15.1 Å². The molecule has 1 amide bonds. The van der Waals surface area contributed by atoms with Crippen LogP contribution in [0.3, 0.4) is 0 Å². The third-order valence-corrected chi connectivity index (χ3v) is 4.06. The molecule has 94 valence electrons. The summed E-state index contributed by atoms with van der Waals surface area (Å²) < 4.78 is 0. The van der Waals surface area contributed by atoms with E-state index in [9.17, 15) is 4.79 Å². The van der Waals surface area contributed by atoms with Gasteiger partial charge in [0.1, 0.15) is 0 Å². The first-order chi connectivity index (χ1) is 8.24. The Morgan fingerprint density at radius 3 is 3.18 bits per heavy atom. The number of carbonyl (C=O) groups excluding carboxylic acids is 1. The van der Waals surface area contributed by atoms with Gasteiger partial charge in [-0.2, -0.15) is 0 Å². The predicted molar refractivity (Wildman–Crippen MR) is 66.4 cm³/mol. The van der Waals surface area contributed by atoms with Gasteiger partial charge < -0.3 is 5.11 Å². The SMILES string of the molecule is NNC(=O)c1sccc1CN1CCC(CO)C1. The number of hydrogen-bond acceptors (Lipinski definition) is 5. The van der Waals surface area contributed by atoms with Gasteiger partial charge >= 0.3 is 0 Å². The van der Waals surface area contributed by atoms with Crippen molar-refractivity contribution < 1.29 is 9.90 Å². The van der Waals surface area contributed by atoms with Gasteiger partial charge in [0.25, 0.3) is 5.91 Å². The molecule has 0 bridgehead atoms. The summed E-state index contributed by atoms with van der Waals surface area (Å²) in [5, 5.41) is 11.0. The van der Waals surface area contributed by atoms with Gasteiger partial charge in [-0.15, -0.1) is 11.3 Å². The molecule has 0 aromatic carbocycles. The lowest BCUT2D eigenvalue weighted by atomic mass is 10.1. The fourth-order valence-corrected chi connectivity index (χ4v) is 2.99. The highest BCUT2D eigenvalue weighted by molar-refractivity contribution is 7.12. The van der Waals surface area contributed by atoms with Crippen molar-refractivity contribution in [3.05, 3.63) is 21.9 Å². The number of hydrazine groups is 1. The monoisotopic (exact) mass is 255 g/mol. The molecule has 0 spiro atoms. The molecule has 0 aliphatic carbocycles. The number of likely N-dealkylation sites (tertiary alicyclic amines) is 1. The third-order valence-electron chi connectivity index (χ3n) is 3.11. The number of nitrogen functional groups attached to an aromatic ring is 1. The first-order valence-electron chi connectivity index (χ1n) is 5.65. The molecule has 1 atom stereocenters. The summed E-state index contributed by atoms with van der Waals surface area (Å²) in [6.45, 7) is 2.87. The van der Waals surface area contributed by atoms with E-state index in [1.165, 1.54) is 11.3 Å². The Labute approximate surface area is 104 Å². The van der Waals surface area contributed by atoms with Crippen LogP contribution in [0.4, 0.5) is 0 Å². The number of nitrogens with one attached hydrogen (secondary N) is 1. The molecule has 1 aliphatic heterocycles. The van der Waals surface area contributed by atoms with Crippen molar-refractivity contribution in [1.29, 1.82) is 0 Å². The number of hydrogen-bond donors (Lipinski definition) is 3. The normalized spacial score (nSPS) is 20.7. The highest BCUT2D eigenvalue weighted by atomic mass is 32.1. The van der Waals surface area contributed by atoms with Crippen molar-refractivity contribution >= 4 is 17.2 Å². The average molecular weight is 255 g/mol.